The number of amides is 2. The second-order valence-corrected chi connectivity index (χ2v) is 18.7. The van der Waals surface area contributed by atoms with E-state index in [1.807, 2.05) is 104 Å². The topological polar surface area (TPSA) is 140 Å². The predicted molar refractivity (Wildman–Crippen MR) is 264 cm³/mol. The summed E-state index contributed by atoms with van der Waals surface area (Å²) < 4.78 is 28.4. The van der Waals surface area contributed by atoms with Crippen molar-refractivity contribution in [3.05, 3.63) is 113 Å². The lowest BCUT2D eigenvalue weighted by Crippen LogP contribution is -2.54. The molecule has 5 aromatic rings. The third kappa shape index (κ3) is 12.5. The molecular formula is C52H65N7O7S. The second kappa shape index (κ2) is 23.4. The molecule has 67 heavy (non-hydrogen) atoms. The van der Waals surface area contributed by atoms with Crippen molar-refractivity contribution in [2.24, 2.45) is 0 Å². The number of nitrogens with one attached hydrogen (secondary N) is 2. The van der Waals surface area contributed by atoms with Gasteiger partial charge in [0.2, 0.25) is 0 Å². The summed E-state index contributed by atoms with van der Waals surface area (Å²) in [5.41, 5.74) is 2.87. The van der Waals surface area contributed by atoms with Crippen molar-refractivity contribution in [1.29, 1.82) is 0 Å². The normalized spacial score (nSPS) is 18.7. The number of nitrogens with zero attached hydrogens (tertiary/aromatic N) is 5. The van der Waals surface area contributed by atoms with E-state index in [9.17, 15) is 14.4 Å². The number of unbranched alkanes of at least 4 members (excludes halogenated alkanes) is 3. The van der Waals surface area contributed by atoms with E-state index in [0.717, 1.165) is 42.8 Å². The number of benzene rings is 4. The van der Waals surface area contributed by atoms with Crippen LogP contribution in [0.3, 0.4) is 0 Å². The fourth-order valence-corrected chi connectivity index (χ4v) is 10.4. The number of hydrogen-bond acceptors (Lipinski definition) is 12. The van der Waals surface area contributed by atoms with Gasteiger partial charge in [-0.25, -0.2) is 9.78 Å². The van der Waals surface area contributed by atoms with Gasteiger partial charge in [-0.3, -0.25) is 34.0 Å². The molecule has 356 valence electrons. The fourth-order valence-electron chi connectivity index (χ4n) is 9.73. The molecule has 2 unspecified atom stereocenters. The Labute approximate surface area is 398 Å². The molecular weight excluding hydrogens is 867 g/mol. The first-order valence-corrected chi connectivity index (χ1v) is 24.8. The van der Waals surface area contributed by atoms with Crippen LogP contribution in [0.15, 0.2) is 101 Å². The molecule has 4 heterocycles. The number of para-hydroxylation sites is 3. The number of aromatic nitrogens is 2. The first-order valence-electron chi connectivity index (χ1n) is 24.0. The fraction of sp³-hybridized carbons (Fsp3) is 0.462. The number of methoxy groups -OCH3 is 1. The molecule has 2 amide bonds. The molecule has 0 spiro atoms. The van der Waals surface area contributed by atoms with Gasteiger partial charge in [-0.15, -0.1) is 0 Å². The number of piperidine rings is 2. The zero-order valence-corrected chi connectivity index (χ0v) is 39.9. The van der Waals surface area contributed by atoms with E-state index < -0.39 is 6.09 Å². The smallest absolute Gasteiger partial charge is 0.412 e. The number of hydrogen-bond donors (Lipinski definition) is 2. The van der Waals surface area contributed by atoms with E-state index in [1.165, 1.54) is 38.5 Å². The van der Waals surface area contributed by atoms with Crippen molar-refractivity contribution < 1.29 is 28.5 Å². The highest BCUT2D eigenvalue weighted by Gasteiger charge is 2.39. The van der Waals surface area contributed by atoms with Crippen LogP contribution >= 0.6 is 11.9 Å². The van der Waals surface area contributed by atoms with E-state index >= 15 is 0 Å². The van der Waals surface area contributed by atoms with Crippen LogP contribution in [0.5, 0.6) is 17.2 Å². The van der Waals surface area contributed by atoms with Gasteiger partial charge < -0.3 is 23.8 Å². The summed E-state index contributed by atoms with van der Waals surface area (Å²) in [6.45, 7) is 9.26. The first-order chi connectivity index (χ1) is 32.8. The number of aryl methyl sites for hydroxylation is 1. The van der Waals surface area contributed by atoms with Gasteiger partial charge in [0.05, 0.1) is 42.5 Å². The van der Waals surface area contributed by atoms with Crippen LogP contribution in [0.1, 0.15) is 76.1 Å². The van der Waals surface area contributed by atoms with Gasteiger partial charge in [-0.05, 0) is 124 Å². The molecule has 0 aliphatic carbocycles. The number of carbonyl (C=O) groups is 2. The van der Waals surface area contributed by atoms with Crippen LogP contribution in [0.25, 0.3) is 16.6 Å². The number of ether oxygens (including phenoxy) is 4. The van der Waals surface area contributed by atoms with Gasteiger partial charge in [0.15, 0.2) is 6.61 Å². The van der Waals surface area contributed by atoms with E-state index in [1.54, 1.807) is 29.7 Å². The summed E-state index contributed by atoms with van der Waals surface area (Å²) in [4.78, 5) is 52.8. The van der Waals surface area contributed by atoms with E-state index in [-0.39, 0.29) is 24.2 Å². The number of fused-ring (bicyclic) bond motifs is 3. The van der Waals surface area contributed by atoms with Crippen LogP contribution in [-0.4, -0.2) is 114 Å². The SMILES string of the molecule is CCOc1ccccc1-n1c(CN2CCN(C(=O)COc3ccc(SNCCCCCCN4C5CCCC4CC(OC(=O)Nc4cc(C)ccc4OC)C5)cc3)CC2)nc2ccccc2c1=O. The molecule has 3 saturated heterocycles. The molecule has 0 radical (unpaired) electrons. The standard InChI is InChI=1S/C52H65N7O7S/c1-4-64-48-19-10-9-18-46(48)59-49(54-44-17-8-7-16-43(44)51(59)61)35-56-28-30-57(31-29-56)50(60)36-65-40-21-23-42(24-22-40)67-53-26-11-5-6-12-27-58-38-14-13-15-39(58)34-41(33-38)66-52(62)55-45-32-37(2)20-25-47(45)63-3/h7-10,16-25,32,38-39,41,53H,4-6,11-15,26-31,33-36H2,1-3H3,(H,55,62). The number of piperazine rings is 1. The zero-order valence-electron chi connectivity index (χ0n) is 39.1. The van der Waals surface area contributed by atoms with Crippen LogP contribution in [0.2, 0.25) is 0 Å². The quantitative estimate of drug-likeness (QED) is 0.0571. The maximum atomic E-state index is 13.9. The average molecular weight is 932 g/mol. The summed E-state index contributed by atoms with van der Waals surface area (Å²) in [6.07, 6.45) is 9.56. The monoisotopic (exact) mass is 931 g/mol. The Balaban J connectivity index is 0.703. The van der Waals surface area contributed by atoms with E-state index in [2.05, 4.69) is 19.8 Å². The van der Waals surface area contributed by atoms with Crippen molar-refractivity contribution in [2.75, 3.05) is 64.9 Å². The lowest BCUT2D eigenvalue weighted by atomic mass is 9.82. The predicted octanol–water partition coefficient (Wildman–Crippen LogP) is 8.62. The molecule has 14 nitrogen and oxygen atoms in total. The van der Waals surface area contributed by atoms with Gasteiger partial charge in [0.1, 0.15) is 29.2 Å². The highest BCUT2D eigenvalue weighted by atomic mass is 32.2. The van der Waals surface area contributed by atoms with Gasteiger partial charge in [-0.1, -0.05) is 49.6 Å². The Kier molecular flexibility index (Phi) is 16.7. The molecule has 2 bridgehead atoms. The number of carbonyl (C=O) groups excluding carboxylic acids is 2. The molecule has 8 rings (SSSR count). The highest BCUT2D eigenvalue weighted by molar-refractivity contribution is 7.97. The minimum Gasteiger partial charge on any atom is -0.495 e. The van der Waals surface area contributed by atoms with Crippen molar-refractivity contribution in [1.82, 2.24) is 29.0 Å². The Bertz CT molecular complexity index is 2480. The lowest BCUT2D eigenvalue weighted by Gasteiger charge is -2.48. The van der Waals surface area contributed by atoms with Crippen molar-refractivity contribution in [3.63, 3.8) is 0 Å². The van der Waals surface area contributed by atoms with Crippen LogP contribution in [-0.2, 0) is 16.1 Å². The van der Waals surface area contributed by atoms with Crippen molar-refractivity contribution in [3.8, 4) is 22.9 Å². The third-order valence-corrected chi connectivity index (χ3v) is 14.0. The van der Waals surface area contributed by atoms with Crippen LogP contribution in [0, 0.1) is 6.92 Å². The second-order valence-electron chi connectivity index (χ2n) is 17.7. The molecule has 2 N–H and O–H groups in total. The minimum atomic E-state index is -0.407. The number of anilines is 1. The first kappa shape index (κ1) is 47.9. The number of rotatable bonds is 20. The lowest BCUT2D eigenvalue weighted by molar-refractivity contribution is -0.135. The maximum absolute atomic E-state index is 13.9. The van der Waals surface area contributed by atoms with E-state index in [0.29, 0.717) is 96.8 Å². The highest BCUT2D eigenvalue weighted by Crippen LogP contribution is 2.36. The molecule has 1 aromatic heterocycles. The summed E-state index contributed by atoms with van der Waals surface area (Å²) in [7, 11) is 1.60. The molecule has 3 aliphatic heterocycles. The molecule has 3 aliphatic rings. The average Bonchev–Trinajstić information content (AvgIpc) is 3.33. The Morgan fingerprint density at radius 1 is 0.836 bits per heavy atom. The molecule has 3 fully saturated rings. The minimum absolute atomic E-state index is 0.0250. The van der Waals surface area contributed by atoms with Crippen molar-refractivity contribution >= 4 is 40.5 Å². The van der Waals surface area contributed by atoms with Crippen LogP contribution in [0.4, 0.5) is 10.5 Å². The molecule has 0 saturated carbocycles. The van der Waals surface area contributed by atoms with Gasteiger partial charge >= 0.3 is 6.09 Å². The third-order valence-electron chi connectivity index (χ3n) is 13.1. The zero-order chi connectivity index (χ0) is 46.5. The Hall–Kier alpha value is -5.61. The Morgan fingerprint density at radius 2 is 1.58 bits per heavy atom. The summed E-state index contributed by atoms with van der Waals surface area (Å²) in [5, 5.41) is 3.45. The summed E-state index contributed by atoms with van der Waals surface area (Å²) in [6, 6.07) is 29.5. The largest absolute Gasteiger partial charge is 0.495 e. The summed E-state index contributed by atoms with van der Waals surface area (Å²) >= 11 is 1.62. The molecule has 4 aromatic carbocycles. The van der Waals surface area contributed by atoms with Gasteiger partial charge in [0.25, 0.3) is 11.5 Å². The molecule has 2 atom stereocenters. The Morgan fingerprint density at radius 3 is 2.36 bits per heavy atom. The van der Waals surface area contributed by atoms with Crippen LogP contribution < -0.4 is 29.8 Å². The maximum Gasteiger partial charge on any atom is 0.412 e. The van der Waals surface area contributed by atoms with Gasteiger partial charge in [-0.2, -0.15) is 0 Å². The molecule has 15 heteroatoms. The van der Waals surface area contributed by atoms with E-state index in [4.69, 9.17) is 23.9 Å². The van der Waals surface area contributed by atoms with Gasteiger partial charge in [0, 0.05) is 62.5 Å². The van der Waals surface area contributed by atoms with Crippen molar-refractivity contribution in [2.45, 2.75) is 101 Å². The summed E-state index contributed by atoms with van der Waals surface area (Å²) in [5.74, 6) is 2.50.